The SMILES string of the molecule is C[C@]12C[C@H](c3ccc(C(O)C4CC4)cc3)C3=C4CCC5(C[C@]4(O)CCC3C1CC[C@@]2(O)CCCOC1CCCCO1)OCCO5. The first-order valence-corrected chi connectivity index (χ1v) is 18.2. The lowest BCUT2D eigenvalue weighted by Gasteiger charge is -2.57. The van der Waals surface area contributed by atoms with Crippen LogP contribution in [0, 0.1) is 23.2 Å². The molecule has 0 aromatic heterocycles. The van der Waals surface area contributed by atoms with E-state index in [1.165, 1.54) is 16.7 Å². The van der Waals surface area contributed by atoms with Crippen molar-refractivity contribution >= 4 is 0 Å². The Balaban J connectivity index is 1.10. The van der Waals surface area contributed by atoms with Crippen LogP contribution in [0.3, 0.4) is 0 Å². The Morgan fingerprint density at radius 1 is 0.933 bits per heavy atom. The average Bonchev–Trinajstić information content (AvgIpc) is 3.75. The minimum atomic E-state index is -0.907. The lowest BCUT2D eigenvalue weighted by molar-refractivity contribution is -0.208. The zero-order valence-electron chi connectivity index (χ0n) is 27.2. The largest absolute Gasteiger partial charge is 0.389 e. The maximum absolute atomic E-state index is 12.5. The van der Waals surface area contributed by atoms with Crippen LogP contribution in [0.25, 0.3) is 0 Å². The summed E-state index contributed by atoms with van der Waals surface area (Å²) in [6.07, 6.45) is 13.0. The number of benzene rings is 1. The Hall–Kier alpha value is -1.32. The van der Waals surface area contributed by atoms with Crippen molar-refractivity contribution in [2.24, 2.45) is 23.2 Å². The van der Waals surface area contributed by atoms with Gasteiger partial charge in [0.15, 0.2) is 12.1 Å². The summed E-state index contributed by atoms with van der Waals surface area (Å²) in [6.45, 7) is 4.98. The first-order chi connectivity index (χ1) is 21.7. The van der Waals surface area contributed by atoms with Crippen LogP contribution in [0.2, 0.25) is 0 Å². The quantitative estimate of drug-likeness (QED) is 0.226. The number of aliphatic hydroxyl groups excluding tert-OH is 1. The molecule has 4 saturated carbocycles. The zero-order chi connectivity index (χ0) is 30.9. The molecule has 4 unspecified atom stereocenters. The molecule has 5 aliphatic carbocycles. The van der Waals surface area contributed by atoms with Crippen molar-refractivity contribution in [2.45, 2.75) is 139 Å². The molecule has 6 fully saturated rings. The molecule has 248 valence electrons. The second-order valence-corrected chi connectivity index (χ2v) is 16.0. The standard InChI is InChI=1S/C38H54O7/c1-35-23-29(25-6-8-26(9-7-25)34(39)27-10-11-27)33-28(12-16-36(40)24-38(18-14-31(33)36)44-21-22-45-38)30(35)13-17-37(35,41)15-4-20-43-32-5-2-3-19-42-32/h6-9,27-30,32,34,39-41H,2-5,10-24H2,1H3/t28?,29-,30?,32?,34?,35+,36-,37+/m1/s1. The monoisotopic (exact) mass is 622 g/mol. The normalized spacial score (nSPS) is 41.5. The first-order valence-electron chi connectivity index (χ1n) is 18.2. The predicted molar refractivity (Wildman–Crippen MR) is 169 cm³/mol. The molecule has 45 heavy (non-hydrogen) atoms. The van der Waals surface area contributed by atoms with Crippen LogP contribution >= 0.6 is 0 Å². The van der Waals surface area contributed by atoms with Crippen LogP contribution in [-0.4, -0.2) is 65.0 Å². The Kier molecular flexibility index (Phi) is 8.04. The fourth-order valence-corrected chi connectivity index (χ4v) is 10.8. The number of allylic oxidation sites excluding steroid dienone is 1. The summed E-state index contributed by atoms with van der Waals surface area (Å²) < 4.78 is 24.1. The smallest absolute Gasteiger partial charge is 0.171 e. The molecule has 2 aliphatic heterocycles. The van der Waals surface area contributed by atoms with E-state index in [0.29, 0.717) is 44.0 Å². The summed E-state index contributed by atoms with van der Waals surface area (Å²) in [5, 5.41) is 35.7. The number of hydrogen-bond acceptors (Lipinski definition) is 7. The summed E-state index contributed by atoms with van der Waals surface area (Å²) in [5.74, 6) is 0.606. The minimum Gasteiger partial charge on any atom is -0.389 e. The van der Waals surface area contributed by atoms with Crippen LogP contribution < -0.4 is 0 Å². The van der Waals surface area contributed by atoms with Gasteiger partial charge in [0.05, 0.1) is 30.5 Å². The van der Waals surface area contributed by atoms with Gasteiger partial charge in [0.2, 0.25) is 0 Å². The summed E-state index contributed by atoms with van der Waals surface area (Å²) >= 11 is 0. The van der Waals surface area contributed by atoms with Crippen LogP contribution in [0.1, 0.15) is 126 Å². The van der Waals surface area contributed by atoms with E-state index in [1.54, 1.807) is 0 Å². The van der Waals surface area contributed by atoms with Crippen LogP contribution in [0.15, 0.2) is 35.4 Å². The van der Waals surface area contributed by atoms with Gasteiger partial charge in [-0.15, -0.1) is 0 Å². The van der Waals surface area contributed by atoms with Gasteiger partial charge in [-0.25, -0.2) is 0 Å². The zero-order valence-corrected chi connectivity index (χ0v) is 27.2. The molecule has 1 aromatic carbocycles. The molecule has 1 spiro atoms. The number of ether oxygens (including phenoxy) is 4. The van der Waals surface area contributed by atoms with Crippen molar-refractivity contribution in [3.8, 4) is 0 Å². The third-order valence-electron chi connectivity index (χ3n) is 13.5. The third-order valence-corrected chi connectivity index (χ3v) is 13.5. The highest BCUT2D eigenvalue weighted by molar-refractivity contribution is 5.44. The molecule has 8 rings (SSSR count). The van der Waals surface area contributed by atoms with E-state index < -0.39 is 17.0 Å². The molecular formula is C38H54O7. The maximum atomic E-state index is 12.5. The van der Waals surface area contributed by atoms with Gasteiger partial charge in [0.25, 0.3) is 0 Å². The lowest BCUT2D eigenvalue weighted by atomic mass is 9.49. The van der Waals surface area contributed by atoms with E-state index in [1.807, 2.05) is 0 Å². The van der Waals surface area contributed by atoms with E-state index in [2.05, 4.69) is 31.2 Å². The summed E-state index contributed by atoms with van der Waals surface area (Å²) in [5.41, 5.74) is 3.04. The molecule has 0 amide bonds. The van der Waals surface area contributed by atoms with Gasteiger partial charge in [0, 0.05) is 37.4 Å². The van der Waals surface area contributed by atoms with Gasteiger partial charge in [0.1, 0.15) is 0 Å². The second-order valence-electron chi connectivity index (χ2n) is 16.0. The second kappa shape index (κ2) is 11.7. The molecule has 2 heterocycles. The van der Waals surface area contributed by atoms with Gasteiger partial charge < -0.3 is 34.3 Å². The molecular weight excluding hydrogens is 568 g/mol. The van der Waals surface area contributed by atoms with E-state index in [9.17, 15) is 15.3 Å². The van der Waals surface area contributed by atoms with Crippen LogP contribution in [0.4, 0.5) is 0 Å². The number of rotatable bonds is 8. The van der Waals surface area contributed by atoms with Gasteiger partial charge in [-0.1, -0.05) is 36.8 Å². The average molecular weight is 623 g/mol. The molecule has 3 N–H and O–H groups in total. The van der Waals surface area contributed by atoms with Crippen molar-refractivity contribution in [3.05, 3.63) is 46.5 Å². The number of aliphatic hydroxyl groups is 3. The van der Waals surface area contributed by atoms with E-state index in [-0.39, 0.29) is 23.7 Å². The molecule has 1 aromatic rings. The Bertz CT molecular complexity index is 1260. The fraction of sp³-hybridized carbons (Fsp3) is 0.789. The molecule has 2 saturated heterocycles. The van der Waals surface area contributed by atoms with Crippen molar-refractivity contribution in [1.82, 2.24) is 0 Å². The lowest BCUT2D eigenvalue weighted by Crippen LogP contribution is -2.55. The maximum Gasteiger partial charge on any atom is 0.171 e. The van der Waals surface area contributed by atoms with Crippen molar-refractivity contribution < 1.29 is 34.3 Å². The third kappa shape index (κ3) is 5.37. The molecule has 7 nitrogen and oxygen atoms in total. The molecule has 7 heteroatoms. The number of hydrogen-bond donors (Lipinski definition) is 3. The molecule has 0 bridgehead atoms. The summed E-state index contributed by atoms with van der Waals surface area (Å²) in [7, 11) is 0. The van der Waals surface area contributed by atoms with Crippen molar-refractivity contribution in [1.29, 1.82) is 0 Å². The highest BCUT2D eigenvalue weighted by atomic mass is 16.7. The molecule has 7 aliphatic rings. The van der Waals surface area contributed by atoms with Gasteiger partial charge in [-0.2, -0.15) is 0 Å². The Morgan fingerprint density at radius 3 is 2.47 bits per heavy atom. The highest BCUT2D eigenvalue weighted by Crippen LogP contribution is 2.68. The van der Waals surface area contributed by atoms with Crippen LogP contribution in [0.5, 0.6) is 0 Å². The Morgan fingerprint density at radius 2 is 1.73 bits per heavy atom. The fourth-order valence-electron chi connectivity index (χ4n) is 10.8. The Labute approximate surface area is 268 Å². The molecule has 8 atom stereocenters. The number of fused-ring (bicyclic) bond motifs is 4. The minimum absolute atomic E-state index is 0.0920. The van der Waals surface area contributed by atoms with E-state index in [4.69, 9.17) is 18.9 Å². The van der Waals surface area contributed by atoms with Crippen molar-refractivity contribution in [2.75, 3.05) is 26.4 Å². The van der Waals surface area contributed by atoms with Crippen molar-refractivity contribution in [3.63, 3.8) is 0 Å². The van der Waals surface area contributed by atoms with Gasteiger partial charge in [-0.05, 0) is 118 Å². The van der Waals surface area contributed by atoms with Crippen LogP contribution in [-0.2, 0) is 18.9 Å². The topological polar surface area (TPSA) is 97.6 Å². The van der Waals surface area contributed by atoms with E-state index in [0.717, 1.165) is 102 Å². The highest BCUT2D eigenvalue weighted by Gasteiger charge is 2.64. The van der Waals surface area contributed by atoms with Gasteiger partial charge >= 0.3 is 0 Å². The van der Waals surface area contributed by atoms with Gasteiger partial charge in [-0.3, -0.25) is 0 Å². The first kappa shape index (κ1) is 31.0. The molecule has 0 radical (unpaired) electrons. The summed E-state index contributed by atoms with van der Waals surface area (Å²) in [4.78, 5) is 0. The predicted octanol–water partition coefficient (Wildman–Crippen LogP) is 6.45. The van der Waals surface area contributed by atoms with E-state index >= 15 is 0 Å². The summed E-state index contributed by atoms with van der Waals surface area (Å²) in [6, 6.07) is 8.72.